The van der Waals surface area contributed by atoms with Crippen LogP contribution in [0.1, 0.15) is 32.0 Å². The second-order valence-electron chi connectivity index (χ2n) is 9.55. The highest BCUT2D eigenvalue weighted by Gasteiger charge is 2.43. The van der Waals surface area contributed by atoms with E-state index >= 15 is 0 Å². The molecule has 2 heterocycles. The van der Waals surface area contributed by atoms with Crippen LogP contribution >= 0.6 is 11.6 Å². The van der Waals surface area contributed by atoms with Crippen LogP contribution in [0.3, 0.4) is 0 Å². The number of halogens is 1. The Bertz CT molecular complexity index is 1300. The number of quaternary nitrogens is 1. The number of hydrogen-bond donors (Lipinski definition) is 4. The quantitative estimate of drug-likeness (QED) is 0.381. The zero-order chi connectivity index (χ0) is 25.4. The Labute approximate surface area is 207 Å². The standard InChI is InChI=1S/C24H26ClN7O3/c1-24(2,3)19-13-20(27-21(33)26-17-10-8-16(25)9-11-17)31(29-19)18-7-5-6-15(12-18)14-32(4)23(35)28-22(34)30-32/h5-13H,14H2,1-4H3,(H3-,26,27,28,29,30,33,34,35)/p+1. The van der Waals surface area contributed by atoms with Gasteiger partial charge in [-0.25, -0.2) is 24.4 Å². The van der Waals surface area contributed by atoms with Crippen molar-refractivity contribution in [3.63, 3.8) is 0 Å². The molecule has 0 radical (unpaired) electrons. The number of aromatic nitrogens is 2. The zero-order valence-electron chi connectivity index (χ0n) is 19.8. The van der Waals surface area contributed by atoms with Crippen molar-refractivity contribution < 1.29 is 19.0 Å². The van der Waals surface area contributed by atoms with E-state index in [2.05, 4.69) is 21.4 Å². The highest BCUT2D eigenvalue weighted by atomic mass is 35.5. The number of nitrogens with zero attached hydrogens (tertiary/aromatic N) is 3. The lowest BCUT2D eigenvalue weighted by atomic mass is 9.92. The highest BCUT2D eigenvalue weighted by molar-refractivity contribution is 6.30. The van der Waals surface area contributed by atoms with Crippen LogP contribution < -0.4 is 21.4 Å². The largest absolute Gasteiger partial charge is 0.449 e. The number of carbonyl (C=O) groups is 3. The van der Waals surface area contributed by atoms with Gasteiger partial charge in [0.25, 0.3) is 0 Å². The fourth-order valence-corrected chi connectivity index (χ4v) is 3.76. The van der Waals surface area contributed by atoms with Crippen molar-refractivity contribution in [1.29, 1.82) is 0 Å². The molecule has 2 aromatic carbocycles. The summed E-state index contributed by atoms with van der Waals surface area (Å²) in [4.78, 5) is 36.6. The smallest absolute Gasteiger partial charge is 0.308 e. The number of amides is 6. The maximum Gasteiger partial charge on any atom is 0.449 e. The number of urea groups is 3. The van der Waals surface area contributed by atoms with Crippen molar-refractivity contribution in [3.05, 3.63) is 70.9 Å². The third kappa shape index (κ3) is 5.44. The summed E-state index contributed by atoms with van der Waals surface area (Å²) in [5, 5.41) is 13.2. The van der Waals surface area contributed by atoms with E-state index in [1.54, 1.807) is 36.0 Å². The Kier molecular flexibility index (Phi) is 6.27. The van der Waals surface area contributed by atoms with Crippen LogP contribution in [0.2, 0.25) is 5.02 Å². The number of nitrogens with one attached hydrogen (secondary N) is 4. The van der Waals surface area contributed by atoms with Gasteiger partial charge in [0.05, 0.1) is 11.4 Å². The van der Waals surface area contributed by atoms with Gasteiger partial charge in [-0.3, -0.25) is 5.32 Å². The molecule has 182 valence electrons. The molecule has 1 aromatic heterocycles. The molecule has 0 saturated carbocycles. The molecule has 0 aliphatic carbocycles. The summed E-state index contributed by atoms with van der Waals surface area (Å²) in [6.07, 6.45) is 0. The van der Waals surface area contributed by atoms with Crippen LogP contribution in [0.4, 0.5) is 25.9 Å². The lowest BCUT2D eigenvalue weighted by Crippen LogP contribution is -2.52. The maximum atomic E-state index is 12.7. The van der Waals surface area contributed by atoms with Crippen molar-refractivity contribution in [1.82, 2.24) is 20.5 Å². The van der Waals surface area contributed by atoms with Gasteiger partial charge in [0.1, 0.15) is 19.4 Å². The van der Waals surface area contributed by atoms with Gasteiger partial charge in [-0.15, -0.1) is 4.59 Å². The zero-order valence-corrected chi connectivity index (χ0v) is 20.6. The fraction of sp³-hybridized carbons (Fsp3) is 0.250. The van der Waals surface area contributed by atoms with E-state index in [0.29, 0.717) is 22.2 Å². The molecule has 1 unspecified atom stereocenters. The first-order valence-electron chi connectivity index (χ1n) is 11.0. The Hall–Kier alpha value is -3.89. The first kappa shape index (κ1) is 24.2. The van der Waals surface area contributed by atoms with Gasteiger partial charge in [-0.2, -0.15) is 10.5 Å². The van der Waals surface area contributed by atoms with E-state index in [0.717, 1.165) is 11.3 Å². The third-order valence-electron chi connectivity index (χ3n) is 5.49. The molecule has 1 atom stereocenters. The number of hydrogen-bond acceptors (Lipinski definition) is 4. The van der Waals surface area contributed by atoms with Crippen LogP contribution in [0.25, 0.3) is 5.69 Å². The molecule has 1 saturated heterocycles. The summed E-state index contributed by atoms with van der Waals surface area (Å²) in [6.45, 7) is 6.34. The van der Waals surface area contributed by atoms with E-state index in [4.69, 9.17) is 16.7 Å². The second-order valence-corrected chi connectivity index (χ2v) is 9.99. The van der Waals surface area contributed by atoms with Crippen molar-refractivity contribution in [3.8, 4) is 5.69 Å². The minimum atomic E-state index is -0.534. The summed E-state index contributed by atoms with van der Waals surface area (Å²) >= 11 is 5.92. The van der Waals surface area contributed by atoms with Gasteiger partial charge >= 0.3 is 18.1 Å². The average molecular weight is 497 g/mol. The Morgan fingerprint density at radius 2 is 1.80 bits per heavy atom. The number of imide groups is 1. The van der Waals surface area contributed by atoms with Crippen LogP contribution in [-0.4, -0.2) is 39.5 Å². The van der Waals surface area contributed by atoms with Crippen molar-refractivity contribution in [2.75, 3.05) is 17.7 Å². The topological polar surface area (TPSA) is 117 Å². The van der Waals surface area contributed by atoms with E-state index < -0.39 is 18.1 Å². The lowest BCUT2D eigenvalue weighted by Gasteiger charge is -2.22. The predicted molar refractivity (Wildman–Crippen MR) is 133 cm³/mol. The number of rotatable bonds is 5. The fourth-order valence-electron chi connectivity index (χ4n) is 3.63. The lowest BCUT2D eigenvalue weighted by molar-refractivity contribution is -0.872. The third-order valence-corrected chi connectivity index (χ3v) is 5.74. The molecule has 0 spiro atoms. The summed E-state index contributed by atoms with van der Waals surface area (Å²) in [6, 6.07) is 14.6. The molecule has 1 aliphatic rings. The summed E-state index contributed by atoms with van der Waals surface area (Å²) < 4.78 is 1.34. The second kappa shape index (κ2) is 9.05. The van der Waals surface area contributed by atoms with E-state index in [1.807, 2.05) is 51.1 Å². The van der Waals surface area contributed by atoms with Gasteiger partial charge in [0, 0.05) is 27.8 Å². The van der Waals surface area contributed by atoms with Gasteiger partial charge in [-0.05, 0) is 36.4 Å². The summed E-state index contributed by atoms with van der Waals surface area (Å²) in [7, 11) is 1.62. The van der Waals surface area contributed by atoms with Gasteiger partial charge in [-0.1, -0.05) is 44.5 Å². The molecule has 1 aliphatic heterocycles. The van der Waals surface area contributed by atoms with E-state index in [-0.39, 0.29) is 16.6 Å². The molecule has 0 bridgehead atoms. The average Bonchev–Trinajstić information content (AvgIpc) is 3.29. The highest BCUT2D eigenvalue weighted by Crippen LogP contribution is 2.27. The molecule has 3 aromatic rings. The molecule has 4 N–H and O–H groups in total. The van der Waals surface area contributed by atoms with Crippen molar-refractivity contribution in [2.24, 2.45) is 0 Å². The van der Waals surface area contributed by atoms with Crippen LogP contribution in [0, 0.1) is 0 Å². The van der Waals surface area contributed by atoms with Crippen LogP contribution in [-0.2, 0) is 12.0 Å². The first-order chi connectivity index (χ1) is 16.4. The van der Waals surface area contributed by atoms with Crippen molar-refractivity contribution in [2.45, 2.75) is 32.7 Å². The molecular weight excluding hydrogens is 470 g/mol. The number of anilines is 2. The first-order valence-corrected chi connectivity index (χ1v) is 11.3. The van der Waals surface area contributed by atoms with E-state index in [9.17, 15) is 14.4 Å². The van der Waals surface area contributed by atoms with E-state index in [1.165, 1.54) is 0 Å². The monoisotopic (exact) mass is 496 g/mol. The summed E-state index contributed by atoms with van der Waals surface area (Å²) in [5.74, 6) is 0.478. The maximum absolute atomic E-state index is 12.7. The minimum absolute atomic E-state index is 0.235. The Morgan fingerprint density at radius 3 is 2.43 bits per heavy atom. The van der Waals surface area contributed by atoms with Crippen LogP contribution in [0.5, 0.6) is 0 Å². The molecular formula is C24H27ClN7O3+. The molecule has 4 rings (SSSR count). The van der Waals surface area contributed by atoms with Gasteiger partial charge in [0.15, 0.2) is 0 Å². The SMILES string of the molecule is CC(C)(C)c1cc(NC(=O)Nc2ccc(Cl)cc2)n(-c2cccc(C[N+]3(C)NC(=O)NC3=O)c2)n1. The number of carbonyl (C=O) groups excluding carboxylic acids is 3. The molecule has 35 heavy (non-hydrogen) atoms. The van der Waals surface area contributed by atoms with Gasteiger partial charge < -0.3 is 5.32 Å². The molecule has 11 heteroatoms. The Balaban J connectivity index is 1.62. The van der Waals surface area contributed by atoms with Gasteiger partial charge in [0.2, 0.25) is 0 Å². The normalized spacial score (nSPS) is 17.6. The molecule has 6 amide bonds. The summed E-state index contributed by atoms with van der Waals surface area (Å²) in [5.41, 5.74) is 5.23. The predicted octanol–water partition coefficient (Wildman–Crippen LogP) is 4.76. The minimum Gasteiger partial charge on any atom is -0.308 e. The molecule has 10 nitrogen and oxygen atoms in total. The Morgan fingerprint density at radius 1 is 1.09 bits per heavy atom. The number of benzene rings is 2. The van der Waals surface area contributed by atoms with Crippen molar-refractivity contribution >= 4 is 41.2 Å². The van der Waals surface area contributed by atoms with Crippen LogP contribution in [0.15, 0.2) is 54.6 Å². The molecule has 1 fully saturated rings.